The van der Waals surface area contributed by atoms with Crippen LogP contribution in [0.1, 0.15) is 18.4 Å². The van der Waals surface area contributed by atoms with Crippen molar-refractivity contribution in [2.24, 2.45) is 0 Å². The first-order valence-corrected chi connectivity index (χ1v) is 8.24. The molecule has 4 heteroatoms. The Bertz CT molecular complexity index is 611. The lowest BCUT2D eigenvalue weighted by Crippen LogP contribution is -2.15. The Morgan fingerprint density at radius 1 is 1.00 bits per heavy atom. The highest BCUT2D eigenvalue weighted by Crippen LogP contribution is 2.39. The van der Waals surface area contributed by atoms with Gasteiger partial charge in [-0.3, -0.25) is 0 Å². The molecule has 1 saturated carbocycles. The van der Waals surface area contributed by atoms with Crippen LogP contribution in [0.15, 0.2) is 52.3 Å². The number of nitrogens with one attached hydrogen (secondary N) is 1. The number of hydrogen-bond acceptors (Lipinski definition) is 2. The highest BCUT2D eigenvalue weighted by molar-refractivity contribution is 7.99. The number of rotatable bonds is 5. The number of halogens is 2. The molecule has 0 bridgehead atoms. The minimum absolute atomic E-state index is 0.687. The molecule has 0 radical (unpaired) electrons. The van der Waals surface area contributed by atoms with Gasteiger partial charge in [-0.1, -0.05) is 59.2 Å². The van der Waals surface area contributed by atoms with Crippen LogP contribution in [0.2, 0.25) is 10.0 Å². The largest absolute Gasteiger partial charge is 0.310 e. The molecule has 0 aromatic heterocycles. The van der Waals surface area contributed by atoms with Crippen molar-refractivity contribution in [3.05, 3.63) is 58.1 Å². The van der Waals surface area contributed by atoms with E-state index in [0.717, 1.165) is 26.4 Å². The van der Waals surface area contributed by atoms with Crippen LogP contribution in [0.3, 0.4) is 0 Å². The molecule has 0 unspecified atom stereocenters. The predicted octanol–water partition coefficient (Wildman–Crippen LogP) is 5.40. The topological polar surface area (TPSA) is 12.0 Å². The molecule has 2 aromatic carbocycles. The molecule has 104 valence electrons. The summed E-state index contributed by atoms with van der Waals surface area (Å²) < 4.78 is 0. The van der Waals surface area contributed by atoms with Crippen molar-refractivity contribution in [3.63, 3.8) is 0 Å². The standard InChI is InChI=1S/C16H15Cl2NS/c17-13-5-1-2-7-15(13)20-16-11(4-3-6-14(16)18)10-19-12-8-9-12/h1-7,12,19H,8-10H2. The molecule has 0 heterocycles. The van der Waals surface area contributed by atoms with Gasteiger partial charge < -0.3 is 5.32 Å². The summed E-state index contributed by atoms with van der Waals surface area (Å²) in [4.78, 5) is 2.13. The van der Waals surface area contributed by atoms with Gasteiger partial charge in [0.1, 0.15) is 0 Å². The molecule has 20 heavy (non-hydrogen) atoms. The van der Waals surface area contributed by atoms with E-state index in [0.29, 0.717) is 6.04 Å². The second-order valence-electron chi connectivity index (χ2n) is 4.92. The molecule has 1 aliphatic carbocycles. The number of benzene rings is 2. The van der Waals surface area contributed by atoms with Crippen LogP contribution in [0.4, 0.5) is 0 Å². The van der Waals surface area contributed by atoms with Gasteiger partial charge in [-0.2, -0.15) is 0 Å². The van der Waals surface area contributed by atoms with E-state index in [1.54, 1.807) is 11.8 Å². The zero-order valence-corrected chi connectivity index (χ0v) is 13.2. The molecule has 1 nitrogen and oxygen atoms in total. The molecule has 1 N–H and O–H groups in total. The minimum atomic E-state index is 0.687. The van der Waals surface area contributed by atoms with E-state index < -0.39 is 0 Å². The molecule has 2 aromatic rings. The van der Waals surface area contributed by atoms with E-state index >= 15 is 0 Å². The zero-order valence-electron chi connectivity index (χ0n) is 10.9. The lowest BCUT2D eigenvalue weighted by atomic mass is 10.2. The fourth-order valence-electron chi connectivity index (χ4n) is 1.99. The normalized spacial score (nSPS) is 14.5. The Hall–Kier alpha value is -0.670. The van der Waals surface area contributed by atoms with Gasteiger partial charge in [0.25, 0.3) is 0 Å². The van der Waals surface area contributed by atoms with E-state index in [9.17, 15) is 0 Å². The summed E-state index contributed by atoms with van der Waals surface area (Å²) in [6.45, 7) is 0.859. The summed E-state index contributed by atoms with van der Waals surface area (Å²) in [5.41, 5.74) is 1.23. The smallest absolute Gasteiger partial charge is 0.0548 e. The Morgan fingerprint density at radius 3 is 2.50 bits per heavy atom. The second-order valence-corrected chi connectivity index (χ2v) is 6.78. The monoisotopic (exact) mass is 323 g/mol. The Labute approximate surface area is 133 Å². The minimum Gasteiger partial charge on any atom is -0.310 e. The van der Waals surface area contributed by atoms with E-state index in [2.05, 4.69) is 11.4 Å². The van der Waals surface area contributed by atoms with Crippen molar-refractivity contribution in [2.45, 2.75) is 35.2 Å². The van der Waals surface area contributed by atoms with E-state index in [1.165, 1.54) is 18.4 Å². The van der Waals surface area contributed by atoms with Gasteiger partial charge >= 0.3 is 0 Å². The van der Waals surface area contributed by atoms with Crippen LogP contribution in [0, 0.1) is 0 Å². The Morgan fingerprint density at radius 2 is 1.75 bits per heavy atom. The van der Waals surface area contributed by atoms with Crippen molar-refractivity contribution >= 4 is 35.0 Å². The lowest BCUT2D eigenvalue weighted by molar-refractivity contribution is 0.680. The van der Waals surface area contributed by atoms with Gasteiger partial charge in [0, 0.05) is 22.4 Å². The molecule has 0 saturated heterocycles. The number of hydrogen-bond donors (Lipinski definition) is 1. The summed E-state index contributed by atoms with van der Waals surface area (Å²) in [7, 11) is 0. The zero-order chi connectivity index (χ0) is 13.9. The van der Waals surface area contributed by atoms with Crippen molar-refractivity contribution < 1.29 is 0 Å². The van der Waals surface area contributed by atoms with Crippen LogP contribution >= 0.6 is 35.0 Å². The van der Waals surface area contributed by atoms with Crippen molar-refractivity contribution in [2.75, 3.05) is 0 Å². The molecular formula is C16H15Cl2NS. The van der Waals surface area contributed by atoms with Crippen LogP contribution in [0.5, 0.6) is 0 Å². The first-order valence-electron chi connectivity index (χ1n) is 6.67. The molecule has 0 amide bonds. The SMILES string of the molecule is Clc1ccccc1Sc1c(Cl)cccc1CNC1CC1. The Kier molecular flexibility index (Phi) is 4.57. The molecule has 0 aliphatic heterocycles. The Balaban J connectivity index is 1.85. The van der Waals surface area contributed by atoms with Gasteiger partial charge in [0.15, 0.2) is 0 Å². The maximum atomic E-state index is 6.37. The van der Waals surface area contributed by atoms with Crippen LogP contribution < -0.4 is 5.32 Å². The summed E-state index contributed by atoms with van der Waals surface area (Å²) in [5.74, 6) is 0. The highest BCUT2D eigenvalue weighted by atomic mass is 35.5. The third-order valence-corrected chi connectivity index (χ3v) is 5.39. The third kappa shape index (κ3) is 3.50. The maximum Gasteiger partial charge on any atom is 0.0548 e. The summed E-state index contributed by atoms with van der Waals surface area (Å²) >= 11 is 14.2. The fraction of sp³-hybridized carbons (Fsp3) is 0.250. The third-order valence-electron chi connectivity index (χ3n) is 3.26. The molecule has 1 fully saturated rings. The summed E-state index contributed by atoms with van der Waals surface area (Å²) in [5, 5.41) is 5.08. The van der Waals surface area contributed by atoms with Crippen LogP contribution in [0.25, 0.3) is 0 Å². The van der Waals surface area contributed by atoms with E-state index in [1.807, 2.05) is 36.4 Å². The fourth-order valence-corrected chi connectivity index (χ4v) is 3.52. The van der Waals surface area contributed by atoms with E-state index in [-0.39, 0.29) is 0 Å². The first kappa shape index (κ1) is 14.3. The predicted molar refractivity (Wildman–Crippen MR) is 86.9 cm³/mol. The molecule has 3 rings (SSSR count). The molecule has 0 spiro atoms. The summed E-state index contributed by atoms with van der Waals surface area (Å²) in [6, 6.07) is 14.6. The average Bonchev–Trinajstić information content (AvgIpc) is 3.26. The van der Waals surface area contributed by atoms with Gasteiger partial charge in [0.2, 0.25) is 0 Å². The quantitative estimate of drug-likeness (QED) is 0.790. The molecule has 0 atom stereocenters. The van der Waals surface area contributed by atoms with Crippen molar-refractivity contribution in [1.29, 1.82) is 0 Å². The van der Waals surface area contributed by atoms with Gasteiger partial charge in [-0.15, -0.1) is 0 Å². The van der Waals surface area contributed by atoms with Gasteiger partial charge in [-0.05, 0) is 36.6 Å². The van der Waals surface area contributed by atoms with Gasteiger partial charge in [-0.25, -0.2) is 0 Å². The summed E-state index contributed by atoms with van der Waals surface area (Å²) in [6.07, 6.45) is 2.57. The average molecular weight is 324 g/mol. The molecular weight excluding hydrogens is 309 g/mol. The van der Waals surface area contributed by atoms with Gasteiger partial charge in [0.05, 0.1) is 10.0 Å². The van der Waals surface area contributed by atoms with Crippen molar-refractivity contribution in [1.82, 2.24) is 5.32 Å². The van der Waals surface area contributed by atoms with Crippen LogP contribution in [-0.4, -0.2) is 6.04 Å². The lowest BCUT2D eigenvalue weighted by Gasteiger charge is -2.12. The second kappa shape index (κ2) is 6.40. The molecule has 1 aliphatic rings. The maximum absolute atomic E-state index is 6.37. The van der Waals surface area contributed by atoms with E-state index in [4.69, 9.17) is 23.2 Å². The highest BCUT2D eigenvalue weighted by Gasteiger charge is 2.21. The van der Waals surface area contributed by atoms with Crippen molar-refractivity contribution in [3.8, 4) is 0 Å². The first-order chi connectivity index (χ1) is 9.74. The van der Waals surface area contributed by atoms with Crippen LogP contribution in [-0.2, 0) is 6.54 Å².